The zero-order valence-electron chi connectivity index (χ0n) is 13.3. The fraction of sp³-hybridized carbons (Fsp3) is 0.235. The lowest BCUT2D eigenvalue weighted by molar-refractivity contribution is 0.507. The van der Waals surface area contributed by atoms with Crippen LogP contribution in [-0.4, -0.2) is 14.3 Å². The second-order valence-corrected chi connectivity index (χ2v) is 10.3. The third kappa shape index (κ3) is 2.54. The Morgan fingerprint density at radius 3 is 2.54 bits per heavy atom. The minimum absolute atomic E-state index is 0.00359. The van der Waals surface area contributed by atoms with Crippen LogP contribution in [-0.2, 0) is 24.4 Å². The Morgan fingerprint density at radius 1 is 1.21 bits per heavy atom. The van der Waals surface area contributed by atoms with Gasteiger partial charge in [-0.25, -0.2) is 4.21 Å². The molecule has 1 unspecified atom stereocenters. The lowest BCUT2D eigenvalue weighted by Crippen LogP contribution is -2.30. The van der Waals surface area contributed by atoms with E-state index in [-0.39, 0.29) is 5.76 Å². The van der Waals surface area contributed by atoms with Gasteiger partial charge in [0.25, 0.3) is 0 Å². The lowest BCUT2D eigenvalue weighted by atomic mass is 9.97. The highest BCUT2D eigenvalue weighted by Gasteiger charge is 2.40. The number of fused-ring (bicyclic) bond motifs is 1. The molecule has 0 fully saturated rings. The first kappa shape index (κ1) is 17.7. The molecular formula is C17H15Cl2NO2S2. The van der Waals surface area contributed by atoms with Gasteiger partial charge < -0.3 is 5.11 Å². The van der Waals surface area contributed by atoms with E-state index >= 15 is 0 Å². The fourth-order valence-corrected chi connectivity index (χ4v) is 6.71. The summed E-state index contributed by atoms with van der Waals surface area (Å²) in [4.78, 5) is 4.86. The van der Waals surface area contributed by atoms with Gasteiger partial charge in [-0.05, 0) is 59.6 Å². The topological polar surface area (TPSA) is 50.2 Å². The Labute approximate surface area is 156 Å². The quantitative estimate of drug-likeness (QED) is 0.727. The molecule has 0 spiro atoms. The number of aromatic nitrogens is 1. The average molecular weight is 400 g/mol. The van der Waals surface area contributed by atoms with E-state index < -0.39 is 14.2 Å². The Hall–Kier alpha value is -1.14. The molecule has 0 saturated carbocycles. The summed E-state index contributed by atoms with van der Waals surface area (Å²) in [6, 6.07) is 7.11. The summed E-state index contributed by atoms with van der Waals surface area (Å²) >= 11 is 12.7. The van der Waals surface area contributed by atoms with Crippen molar-refractivity contribution in [3.8, 4) is 0 Å². The smallest absolute Gasteiger partial charge is 0.156 e. The molecule has 1 aliphatic rings. The molecule has 1 aliphatic heterocycles. The van der Waals surface area contributed by atoms with Gasteiger partial charge in [0.15, 0.2) is 5.76 Å². The second-order valence-electron chi connectivity index (χ2n) is 5.95. The van der Waals surface area contributed by atoms with E-state index in [0.29, 0.717) is 36.4 Å². The summed E-state index contributed by atoms with van der Waals surface area (Å²) in [7, 11) is -0.387. The molecule has 1 aromatic heterocycles. The molecule has 0 amide bonds. The van der Waals surface area contributed by atoms with E-state index in [0.717, 1.165) is 11.1 Å². The van der Waals surface area contributed by atoms with Crippen molar-refractivity contribution in [2.45, 2.75) is 25.5 Å². The maximum absolute atomic E-state index is 12.0. The van der Waals surface area contributed by atoms with Crippen LogP contribution < -0.4 is 0 Å². The van der Waals surface area contributed by atoms with Gasteiger partial charge in [-0.15, -0.1) is 0 Å². The Bertz CT molecular complexity index is 948. The average Bonchev–Trinajstić information content (AvgIpc) is 2.56. The van der Waals surface area contributed by atoms with E-state index in [4.69, 9.17) is 23.2 Å². The molecule has 7 heteroatoms. The number of nitrogens with zero attached hydrogens (tertiary/aromatic N) is 1. The normalized spacial score (nSPS) is 19.1. The van der Waals surface area contributed by atoms with E-state index in [9.17, 15) is 9.32 Å². The first-order valence-electron chi connectivity index (χ1n) is 7.19. The molecular weight excluding hydrogens is 385 g/mol. The summed E-state index contributed by atoms with van der Waals surface area (Å²) in [5.41, 5.74) is 2.71. The van der Waals surface area contributed by atoms with Crippen molar-refractivity contribution in [3.05, 3.63) is 62.9 Å². The predicted molar refractivity (Wildman–Crippen MR) is 103 cm³/mol. The van der Waals surface area contributed by atoms with Crippen molar-refractivity contribution in [1.82, 2.24) is 4.98 Å². The van der Waals surface area contributed by atoms with E-state index in [1.165, 1.54) is 0 Å². The Morgan fingerprint density at radius 2 is 1.88 bits per heavy atom. The van der Waals surface area contributed by atoms with Crippen LogP contribution in [0.1, 0.15) is 36.2 Å². The molecule has 0 aliphatic carbocycles. The second kappa shape index (κ2) is 6.30. The molecule has 0 saturated heterocycles. The van der Waals surface area contributed by atoms with E-state index in [2.05, 4.69) is 4.98 Å². The van der Waals surface area contributed by atoms with Gasteiger partial charge >= 0.3 is 0 Å². The zero-order chi connectivity index (χ0) is 17.6. The van der Waals surface area contributed by atoms with Crippen LogP contribution in [0.3, 0.4) is 0 Å². The molecule has 1 aromatic carbocycles. The Balaban J connectivity index is 2.48. The molecule has 0 bridgehead atoms. The minimum atomic E-state index is -0.863. The molecule has 24 heavy (non-hydrogen) atoms. The summed E-state index contributed by atoms with van der Waals surface area (Å²) in [6.07, 6.45) is 1.63. The summed E-state index contributed by atoms with van der Waals surface area (Å²) < 4.78 is 11.5. The maximum Gasteiger partial charge on any atom is 0.156 e. The van der Waals surface area contributed by atoms with Crippen molar-refractivity contribution < 1.29 is 9.32 Å². The van der Waals surface area contributed by atoms with Crippen molar-refractivity contribution in [2.24, 2.45) is 0 Å². The standard InChI is InChI=1S/C17H15Cl2NO2S2/c1-9-11(18)6-7-12(19)13(9)16-15(21)14-10(5-4-8-20-14)17(2,3)24(16)23-22/h4-8,21H,1-3H3. The number of benzene rings is 1. The van der Waals surface area contributed by atoms with Crippen molar-refractivity contribution in [2.75, 3.05) is 0 Å². The largest absolute Gasteiger partial charge is 0.505 e. The molecule has 3 nitrogen and oxygen atoms in total. The lowest BCUT2D eigenvalue weighted by Gasteiger charge is -2.35. The van der Waals surface area contributed by atoms with Gasteiger partial charge in [-0.3, -0.25) is 4.98 Å². The van der Waals surface area contributed by atoms with Gasteiger partial charge in [-0.2, -0.15) is 0 Å². The van der Waals surface area contributed by atoms with Crippen LogP contribution in [0.4, 0.5) is 0 Å². The van der Waals surface area contributed by atoms with Gasteiger partial charge in [0.05, 0.1) is 4.91 Å². The van der Waals surface area contributed by atoms with Gasteiger partial charge in [0, 0.05) is 26.6 Å². The zero-order valence-corrected chi connectivity index (χ0v) is 16.4. The van der Waals surface area contributed by atoms with Gasteiger partial charge in [-0.1, -0.05) is 29.3 Å². The number of hydrogen-bond acceptors (Lipinski definition) is 3. The molecule has 2 aromatic rings. The minimum Gasteiger partial charge on any atom is -0.505 e. The van der Waals surface area contributed by atoms with Crippen LogP contribution in [0.15, 0.2) is 30.5 Å². The SMILES string of the molecule is Cc1c(Cl)ccc(Cl)c1C1=C(O)c2ncccc2C(C)(C)S1=S=O. The number of aliphatic hydroxyl groups is 1. The van der Waals surface area contributed by atoms with Crippen LogP contribution >= 0.6 is 23.2 Å². The number of pyridine rings is 1. The summed E-state index contributed by atoms with van der Waals surface area (Å²) in [5, 5.41) is 11.9. The number of aliphatic hydroxyl groups excluding tert-OH is 1. The van der Waals surface area contributed by atoms with Gasteiger partial charge in [0.2, 0.25) is 0 Å². The van der Waals surface area contributed by atoms with Crippen LogP contribution in [0, 0.1) is 6.92 Å². The Kier molecular flexibility index (Phi) is 4.64. The molecule has 1 N–H and O–H groups in total. The molecule has 1 atom stereocenters. The van der Waals surface area contributed by atoms with E-state index in [1.54, 1.807) is 18.3 Å². The third-order valence-corrected chi connectivity index (χ3v) is 9.12. The van der Waals surface area contributed by atoms with Crippen molar-refractivity contribution >= 4 is 53.5 Å². The van der Waals surface area contributed by atoms with Crippen molar-refractivity contribution in [3.63, 3.8) is 0 Å². The first-order chi connectivity index (χ1) is 11.3. The third-order valence-electron chi connectivity index (χ3n) is 4.19. The monoisotopic (exact) mass is 399 g/mol. The molecule has 126 valence electrons. The maximum atomic E-state index is 12.0. The van der Waals surface area contributed by atoms with E-state index in [1.807, 2.05) is 32.9 Å². The highest BCUT2D eigenvalue weighted by Crippen LogP contribution is 2.48. The van der Waals surface area contributed by atoms with Crippen molar-refractivity contribution in [1.29, 1.82) is 0 Å². The number of halogens is 2. The van der Waals surface area contributed by atoms with Crippen LogP contribution in [0.25, 0.3) is 10.7 Å². The fourth-order valence-electron chi connectivity index (χ4n) is 2.89. The molecule has 2 heterocycles. The highest BCUT2D eigenvalue weighted by molar-refractivity contribution is 8.36. The highest BCUT2D eigenvalue weighted by atomic mass is 35.5. The number of hydrogen-bond donors (Lipinski definition) is 1. The summed E-state index contributed by atoms with van der Waals surface area (Å²) in [6.45, 7) is 5.81. The summed E-state index contributed by atoms with van der Waals surface area (Å²) in [5.74, 6) is 0.00359. The van der Waals surface area contributed by atoms with Crippen LogP contribution in [0.5, 0.6) is 0 Å². The molecule has 0 radical (unpaired) electrons. The first-order valence-corrected chi connectivity index (χ1v) is 10.4. The number of rotatable bonds is 1. The van der Waals surface area contributed by atoms with Crippen LogP contribution in [0.2, 0.25) is 10.0 Å². The van der Waals surface area contributed by atoms with Gasteiger partial charge in [0.1, 0.15) is 15.9 Å². The predicted octanol–water partition coefficient (Wildman–Crippen LogP) is 5.08. The molecule has 3 rings (SSSR count).